The highest BCUT2D eigenvalue weighted by Gasteiger charge is 1.98. The van der Waals surface area contributed by atoms with Crippen LogP contribution in [0.5, 0.6) is 0 Å². The maximum absolute atomic E-state index is 5.66. The number of halogens is 1. The van der Waals surface area contributed by atoms with Gasteiger partial charge in [0.15, 0.2) is 5.95 Å². The van der Waals surface area contributed by atoms with E-state index in [1.165, 1.54) is 5.56 Å². The first-order valence-corrected chi connectivity index (χ1v) is 5.06. The molecule has 1 aromatic heterocycles. The number of anilines is 1. The molecule has 72 valence electrons. The molecular weight excluding hydrogens is 242 g/mol. The van der Waals surface area contributed by atoms with E-state index in [0.717, 1.165) is 11.0 Å². The molecule has 0 atom stereocenters. The van der Waals surface area contributed by atoms with Gasteiger partial charge in [0, 0.05) is 16.9 Å². The van der Waals surface area contributed by atoms with E-state index >= 15 is 0 Å². The Morgan fingerprint density at radius 3 is 2.57 bits per heavy atom. The highest BCUT2D eigenvalue weighted by molar-refractivity contribution is 9.10. The van der Waals surface area contributed by atoms with Crippen molar-refractivity contribution in [1.82, 2.24) is 9.55 Å². The molecule has 2 aromatic rings. The average Bonchev–Trinajstić information content (AvgIpc) is 2.56. The van der Waals surface area contributed by atoms with Gasteiger partial charge in [-0.3, -0.25) is 0 Å². The Kier molecular flexibility index (Phi) is 2.54. The molecule has 0 aliphatic heterocycles. The van der Waals surface area contributed by atoms with Crippen LogP contribution < -0.4 is 5.73 Å². The Hall–Kier alpha value is -1.29. The Bertz CT molecular complexity index is 419. The second-order valence-corrected chi connectivity index (χ2v) is 3.96. The molecule has 0 radical (unpaired) electrons. The van der Waals surface area contributed by atoms with Crippen LogP contribution >= 0.6 is 15.9 Å². The minimum atomic E-state index is 0.549. The zero-order valence-corrected chi connectivity index (χ0v) is 9.11. The fourth-order valence-corrected chi connectivity index (χ4v) is 1.53. The van der Waals surface area contributed by atoms with Gasteiger partial charge in [-0.25, -0.2) is 4.98 Å². The predicted octanol–water partition coefficient (Wildman–Crippen LogP) is 2.28. The normalized spacial score (nSPS) is 10.4. The quantitative estimate of drug-likeness (QED) is 0.890. The fraction of sp³-hybridized carbons (Fsp3) is 0.100. The van der Waals surface area contributed by atoms with Crippen molar-refractivity contribution >= 4 is 21.9 Å². The van der Waals surface area contributed by atoms with E-state index in [9.17, 15) is 0 Å². The molecule has 0 bridgehead atoms. The maximum Gasteiger partial charge on any atom is 0.200 e. The summed E-state index contributed by atoms with van der Waals surface area (Å²) in [5, 5.41) is 0. The zero-order chi connectivity index (χ0) is 9.97. The van der Waals surface area contributed by atoms with Crippen LogP contribution in [0.15, 0.2) is 41.1 Å². The Morgan fingerprint density at radius 1 is 1.29 bits per heavy atom. The van der Waals surface area contributed by atoms with Crippen molar-refractivity contribution in [2.45, 2.75) is 6.54 Å². The third-order valence-corrected chi connectivity index (χ3v) is 2.54. The van der Waals surface area contributed by atoms with Crippen LogP contribution in [0.2, 0.25) is 0 Å². The molecule has 0 fully saturated rings. The van der Waals surface area contributed by atoms with Gasteiger partial charge in [0.1, 0.15) is 0 Å². The van der Waals surface area contributed by atoms with Crippen LogP contribution in [-0.2, 0) is 6.54 Å². The number of nitrogens with two attached hydrogens (primary N) is 1. The second-order valence-electron chi connectivity index (χ2n) is 3.04. The van der Waals surface area contributed by atoms with Gasteiger partial charge in [0.2, 0.25) is 0 Å². The second kappa shape index (κ2) is 3.84. The predicted molar refractivity (Wildman–Crippen MR) is 59.9 cm³/mol. The number of rotatable bonds is 2. The monoisotopic (exact) mass is 251 g/mol. The molecular formula is C10H10BrN3. The van der Waals surface area contributed by atoms with Crippen LogP contribution in [0.1, 0.15) is 5.56 Å². The third-order valence-electron chi connectivity index (χ3n) is 2.01. The van der Waals surface area contributed by atoms with Crippen LogP contribution in [0.25, 0.3) is 0 Å². The van der Waals surface area contributed by atoms with E-state index in [0.29, 0.717) is 5.95 Å². The lowest BCUT2D eigenvalue weighted by Crippen LogP contribution is -2.03. The number of aromatic nitrogens is 2. The number of nitrogen functional groups attached to an aromatic ring is 1. The number of nitrogens with zero attached hydrogens (tertiary/aromatic N) is 2. The molecule has 2 rings (SSSR count). The van der Waals surface area contributed by atoms with Gasteiger partial charge in [-0.2, -0.15) is 0 Å². The Balaban J connectivity index is 2.19. The van der Waals surface area contributed by atoms with E-state index in [-0.39, 0.29) is 0 Å². The molecule has 4 heteroatoms. The smallest absolute Gasteiger partial charge is 0.200 e. The molecule has 1 heterocycles. The molecule has 0 saturated heterocycles. The summed E-state index contributed by atoms with van der Waals surface area (Å²) in [6.07, 6.45) is 3.57. The zero-order valence-electron chi connectivity index (χ0n) is 7.52. The highest BCUT2D eigenvalue weighted by Crippen LogP contribution is 2.12. The minimum absolute atomic E-state index is 0.549. The standard InChI is InChI=1S/C10H10BrN3/c11-9-3-1-8(2-4-9)7-14-6-5-13-10(14)12/h1-6H,7H2,(H2,12,13). The lowest BCUT2D eigenvalue weighted by Gasteiger charge is -2.04. The molecule has 0 amide bonds. The third kappa shape index (κ3) is 1.96. The lowest BCUT2D eigenvalue weighted by atomic mass is 10.2. The molecule has 3 nitrogen and oxygen atoms in total. The highest BCUT2D eigenvalue weighted by atomic mass is 79.9. The maximum atomic E-state index is 5.66. The molecule has 0 aliphatic rings. The van der Waals surface area contributed by atoms with E-state index in [1.54, 1.807) is 6.20 Å². The first-order valence-electron chi connectivity index (χ1n) is 4.27. The summed E-state index contributed by atoms with van der Waals surface area (Å²) in [5.41, 5.74) is 6.87. The molecule has 0 spiro atoms. The van der Waals surface area contributed by atoms with Crippen molar-refractivity contribution in [3.8, 4) is 0 Å². The van der Waals surface area contributed by atoms with Crippen molar-refractivity contribution in [3.05, 3.63) is 46.7 Å². The number of hydrogen-bond acceptors (Lipinski definition) is 2. The van der Waals surface area contributed by atoms with Gasteiger partial charge in [-0.05, 0) is 17.7 Å². The summed E-state index contributed by atoms with van der Waals surface area (Å²) < 4.78 is 2.99. The SMILES string of the molecule is Nc1nccn1Cc1ccc(Br)cc1. The van der Waals surface area contributed by atoms with Gasteiger partial charge in [0.25, 0.3) is 0 Å². The van der Waals surface area contributed by atoms with Crippen molar-refractivity contribution in [2.24, 2.45) is 0 Å². The summed E-state index contributed by atoms with van der Waals surface area (Å²) in [5.74, 6) is 0.549. The van der Waals surface area contributed by atoms with Crippen LogP contribution in [-0.4, -0.2) is 9.55 Å². The van der Waals surface area contributed by atoms with E-state index < -0.39 is 0 Å². The van der Waals surface area contributed by atoms with Gasteiger partial charge in [-0.15, -0.1) is 0 Å². The van der Waals surface area contributed by atoms with Gasteiger partial charge in [-0.1, -0.05) is 28.1 Å². The molecule has 0 unspecified atom stereocenters. The minimum Gasteiger partial charge on any atom is -0.369 e. The summed E-state index contributed by atoms with van der Waals surface area (Å²) in [6, 6.07) is 8.15. The Labute approximate surface area is 90.7 Å². The first-order chi connectivity index (χ1) is 6.75. The number of benzene rings is 1. The van der Waals surface area contributed by atoms with E-state index in [1.807, 2.05) is 22.9 Å². The summed E-state index contributed by atoms with van der Waals surface area (Å²) >= 11 is 3.39. The average molecular weight is 252 g/mol. The van der Waals surface area contributed by atoms with Crippen molar-refractivity contribution in [3.63, 3.8) is 0 Å². The summed E-state index contributed by atoms with van der Waals surface area (Å²) in [7, 11) is 0. The topological polar surface area (TPSA) is 43.8 Å². The number of imidazole rings is 1. The van der Waals surface area contributed by atoms with Crippen molar-refractivity contribution < 1.29 is 0 Å². The van der Waals surface area contributed by atoms with Crippen molar-refractivity contribution in [1.29, 1.82) is 0 Å². The summed E-state index contributed by atoms with van der Waals surface area (Å²) in [6.45, 7) is 0.763. The van der Waals surface area contributed by atoms with Gasteiger partial charge >= 0.3 is 0 Å². The molecule has 14 heavy (non-hydrogen) atoms. The fourth-order valence-electron chi connectivity index (χ4n) is 1.26. The van der Waals surface area contributed by atoms with Crippen molar-refractivity contribution in [2.75, 3.05) is 5.73 Å². The molecule has 1 aromatic carbocycles. The van der Waals surface area contributed by atoms with Gasteiger partial charge in [0.05, 0.1) is 6.54 Å². The Morgan fingerprint density at radius 2 is 2.00 bits per heavy atom. The number of hydrogen-bond donors (Lipinski definition) is 1. The van der Waals surface area contributed by atoms with E-state index in [4.69, 9.17) is 5.73 Å². The molecule has 2 N–H and O–H groups in total. The lowest BCUT2D eigenvalue weighted by molar-refractivity contribution is 0.811. The van der Waals surface area contributed by atoms with Crippen LogP contribution in [0.3, 0.4) is 0 Å². The van der Waals surface area contributed by atoms with Crippen LogP contribution in [0.4, 0.5) is 5.95 Å². The van der Waals surface area contributed by atoms with E-state index in [2.05, 4.69) is 33.0 Å². The van der Waals surface area contributed by atoms with Gasteiger partial charge < -0.3 is 10.3 Å². The first kappa shape index (κ1) is 9.27. The largest absolute Gasteiger partial charge is 0.369 e. The van der Waals surface area contributed by atoms with Crippen LogP contribution in [0, 0.1) is 0 Å². The molecule has 0 aliphatic carbocycles. The molecule has 0 saturated carbocycles. The summed E-state index contributed by atoms with van der Waals surface area (Å²) in [4.78, 5) is 3.96.